The maximum absolute atomic E-state index is 13.0. The van der Waals surface area contributed by atoms with Crippen molar-refractivity contribution in [3.05, 3.63) is 102 Å². The Morgan fingerprint density at radius 3 is 2.41 bits per heavy atom. The molecule has 0 aliphatic carbocycles. The molecule has 32 heavy (non-hydrogen) atoms. The summed E-state index contributed by atoms with van der Waals surface area (Å²) in [7, 11) is 1.41. The number of alkyl halides is 1. The molecule has 166 valence electrons. The molecule has 0 spiro atoms. The van der Waals surface area contributed by atoms with Gasteiger partial charge in [-0.25, -0.2) is 4.79 Å². The lowest BCUT2D eigenvalue weighted by molar-refractivity contribution is 0.0231. The standard InChI is InChI=1S/C26H26ClNO3S/c1-30-26(29)28-21(18-31-17-19-10-4-2-5-11-19)16-20-12-8-9-15-23(20)24(28)25(27)32-22-13-6-3-7-14-22/h2-15,21,24-25H,16-18H2,1H3/t21-,24+,25-/m0/s1. The van der Waals surface area contributed by atoms with E-state index in [0.717, 1.165) is 16.0 Å². The van der Waals surface area contributed by atoms with Crippen LogP contribution in [0.4, 0.5) is 4.79 Å². The van der Waals surface area contributed by atoms with Crippen molar-refractivity contribution in [1.82, 2.24) is 4.90 Å². The molecule has 0 saturated heterocycles. The number of hydrogen-bond donors (Lipinski definition) is 0. The minimum absolute atomic E-state index is 0.177. The fraction of sp³-hybridized carbons (Fsp3) is 0.269. The van der Waals surface area contributed by atoms with Gasteiger partial charge in [-0.05, 0) is 35.2 Å². The third-order valence-electron chi connectivity index (χ3n) is 5.57. The molecule has 0 bridgehead atoms. The summed E-state index contributed by atoms with van der Waals surface area (Å²) < 4.78 is 10.8. The van der Waals surface area contributed by atoms with Crippen molar-refractivity contribution < 1.29 is 14.3 Å². The van der Waals surface area contributed by atoms with Gasteiger partial charge in [0.05, 0.1) is 32.4 Å². The smallest absolute Gasteiger partial charge is 0.410 e. The van der Waals surface area contributed by atoms with Gasteiger partial charge in [0, 0.05) is 4.90 Å². The highest BCUT2D eigenvalue weighted by molar-refractivity contribution is 8.01. The number of carbonyl (C=O) groups is 1. The molecule has 1 aliphatic heterocycles. The SMILES string of the molecule is COC(=O)N1[C@H](COCc2ccccc2)Cc2ccccc2[C@@H]1[C@@H](Cl)Sc1ccccc1. The number of carbonyl (C=O) groups excluding carboxylic acids is 1. The van der Waals surface area contributed by atoms with E-state index in [-0.39, 0.29) is 12.1 Å². The Morgan fingerprint density at radius 2 is 1.69 bits per heavy atom. The number of hydrogen-bond acceptors (Lipinski definition) is 4. The summed E-state index contributed by atoms with van der Waals surface area (Å²) in [5, 5.41) is 0. The first-order valence-electron chi connectivity index (χ1n) is 10.6. The van der Waals surface area contributed by atoms with Crippen LogP contribution >= 0.6 is 23.4 Å². The van der Waals surface area contributed by atoms with Crippen molar-refractivity contribution in [3.8, 4) is 0 Å². The molecule has 3 aromatic carbocycles. The van der Waals surface area contributed by atoms with Gasteiger partial charge in [0.2, 0.25) is 0 Å². The van der Waals surface area contributed by atoms with Crippen LogP contribution in [0.25, 0.3) is 0 Å². The zero-order chi connectivity index (χ0) is 22.3. The summed E-state index contributed by atoms with van der Waals surface area (Å²) in [4.78, 5) is 15.8. The molecule has 0 aromatic heterocycles. The van der Waals surface area contributed by atoms with Gasteiger partial charge in [-0.2, -0.15) is 0 Å². The Hall–Kier alpha value is -2.47. The van der Waals surface area contributed by atoms with Crippen LogP contribution in [0.15, 0.2) is 89.8 Å². The average molecular weight is 468 g/mol. The fourth-order valence-corrected chi connectivity index (χ4v) is 5.64. The molecule has 1 heterocycles. The molecule has 0 saturated carbocycles. The van der Waals surface area contributed by atoms with E-state index in [1.54, 1.807) is 16.7 Å². The summed E-state index contributed by atoms with van der Waals surface area (Å²) in [6, 6.07) is 27.7. The van der Waals surface area contributed by atoms with Gasteiger partial charge < -0.3 is 9.47 Å². The number of amides is 1. The Kier molecular flexibility index (Phi) is 7.74. The summed E-state index contributed by atoms with van der Waals surface area (Å²) in [6.07, 6.45) is 0.299. The maximum atomic E-state index is 13.0. The molecule has 6 heteroatoms. The highest BCUT2D eigenvalue weighted by atomic mass is 35.5. The molecule has 0 radical (unpaired) electrons. The third-order valence-corrected chi connectivity index (χ3v) is 7.10. The van der Waals surface area contributed by atoms with E-state index >= 15 is 0 Å². The summed E-state index contributed by atoms with van der Waals surface area (Å²) in [5.41, 5.74) is 3.34. The van der Waals surface area contributed by atoms with E-state index in [1.807, 2.05) is 72.8 Å². The van der Waals surface area contributed by atoms with Gasteiger partial charge in [-0.1, -0.05) is 72.8 Å². The van der Waals surface area contributed by atoms with Crippen molar-refractivity contribution in [2.24, 2.45) is 0 Å². The molecule has 3 atom stereocenters. The van der Waals surface area contributed by atoms with Crippen LogP contribution in [0.2, 0.25) is 0 Å². The van der Waals surface area contributed by atoms with Crippen LogP contribution in [0.1, 0.15) is 22.7 Å². The summed E-state index contributed by atoms with van der Waals surface area (Å²) in [6.45, 7) is 0.885. The lowest BCUT2D eigenvalue weighted by atomic mass is 9.89. The quantitative estimate of drug-likeness (QED) is 0.302. The molecule has 0 fully saturated rings. The van der Waals surface area contributed by atoms with Crippen molar-refractivity contribution in [2.45, 2.75) is 34.7 Å². The number of benzene rings is 3. The molecule has 1 aliphatic rings. The normalized spacial score (nSPS) is 18.6. The minimum atomic E-state index is -0.394. The number of ether oxygens (including phenoxy) is 2. The van der Waals surface area contributed by atoms with Crippen molar-refractivity contribution in [2.75, 3.05) is 13.7 Å². The predicted molar refractivity (Wildman–Crippen MR) is 129 cm³/mol. The van der Waals surface area contributed by atoms with Crippen LogP contribution in [-0.4, -0.2) is 35.5 Å². The van der Waals surface area contributed by atoms with E-state index in [1.165, 1.54) is 12.7 Å². The molecule has 4 rings (SSSR count). The Balaban J connectivity index is 1.60. The molecule has 0 N–H and O–H groups in total. The van der Waals surface area contributed by atoms with E-state index in [9.17, 15) is 4.79 Å². The first-order valence-corrected chi connectivity index (χ1v) is 11.9. The van der Waals surface area contributed by atoms with Crippen LogP contribution in [0, 0.1) is 0 Å². The molecule has 1 amide bonds. The van der Waals surface area contributed by atoms with E-state index in [2.05, 4.69) is 12.1 Å². The first-order chi connectivity index (χ1) is 15.7. The van der Waals surface area contributed by atoms with E-state index in [0.29, 0.717) is 19.6 Å². The largest absolute Gasteiger partial charge is 0.453 e. The number of halogens is 1. The van der Waals surface area contributed by atoms with Crippen LogP contribution in [0.3, 0.4) is 0 Å². The number of nitrogens with zero attached hydrogens (tertiary/aromatic N) is 1. The van der Waals surface area contributed by atoms with Crippen LogP contribution in [0.5, 0.6) is 0 Å². The number of fused-ring (bicyclic) bond motifs is 1. The first kappa shape index (κ1) is 22.7. The van der Waals surface area contributed by atoms with Crippen molar-refractivity contribution in [1.29, 1.82) is 0 Å². The molecule has 3 aromatic rings. The molecule has 0 unspecified atom stereocenters. The van der Waals surface area contributed by atoms with Gasteiger partial charge in [0.1, 0.15) is 4.71 Å². The van der Waals surface area contributed by atoms with Gasteiger partial charge in [-0.15, -0.1) is 23.4 Å². The number of rotatable bonds is 7. The second-order valence-electron chi connectivity index (χ2n) is 7.66. The number of thioether (sulfide) groups is 1. The van der Waals surface area contributed by atoms with Gasteiger partial charge in [0.25, 0.3) is 0 Å². The van der Waals surface area contributed by atoms with Gasteiger partial charge >= 0.3 is 6.09 Å². The highest BCUT2D eigenvalue weighted by Gasteiger charge is 2.42. The highest BCUT2D eigenvalue weighted by Crippen LogP contribution is 2.44. The summed E-state index contributed by atoms with van der Waals surface area (Å²) in [5.74, 6) is 0. The van der Waals surface area contributed by atoms with Crippen molar-refractivity contribution in [3.63, 3.8) is 0 Å². The van der Waals surface area contributed by atoms with Gasteiger partial charge in [-0.3, -0.25) is 4.90 Å². The second-order valence-corrected chi connectivity index (χ2v) is 9.61. The average Bonchev–Trinajstić information content (AvgIpc) is 2.84. The Labute approximate surface area is 198 Å². The zero-order valence-corrected chi connectivity index (χ0v) is 19.5. The van der Waals surface area contributed by atoms with Crippen molar-refractivity contribution >= 4 is 29.5 Å². The third kappa shape index (κ3) is 5.29. The number of methoxy groups -OCH3 is 1. The molecular formula is C26H26ClNO3S. The topological polar surface area (TPSA) is 38.8 Å². The lowest BCUT2D eigenvalue weighted by Crippen LogP contribution is -2.51. The Bertz CT molecular complexity index is 1020. The zero-order valence-electron chi connectivity index (χ0n) is 17.9. The van der Waals surface area contributed by atoms with Gasteiger partial charge in [0.15, 0.2) is 0 Å². The maximum Gasteiger partial charge on any atom is 0.410 e. The van der Waals surface area contributed by atoms with E-state index < -0.39 is 10.8 Å². The lowest BCUT2D eigenvalue weighted by Gasteiger charge is -2.43. The molecule has 4 nitrogen and oxygen atoms in total. The fourth-order valence-electron chi connectivity index (χ4n) is 4.09. The Morgan fingerprint density at radius 1 is 1.03 bits per heavy atom. The minimum Gasteiger partial charge on any atom is -0.453 e. The monoisotopic (exact) mass is 467 g/mol. The second kappa shape index (κ2) is 10.9. The van der Waals surface area contributed by atoms with E-state index in [4.69, 9.17) is 21.1 Å². The predicted octanol–water partition coefficient (Wildman–Crippen LogP) is 6.29. The van der Waals surface area contributed by atoms with Crippen LogP contribution < -0.4 is 0 Å². The van der Waals surface area contributed by atoms with Crippen LogP contribution in [-0.2, 0) is 22.5 Å². The molecular weight excluding hydrogens is 442 g/mol. The summed E-state index contributed by atoms with van der Waals surface area (Å²) >= 11 is 8.53.